The van der Waals surface area contributed by atoms with Gasteiger partial charge in [-0.05, 0) is 24.1 Å². The first-order valence-electron chi connectivity index (χ1n) is 6.65. The minimum atomic E-state index is 0.0127. The Kier molecular flexibility index (Phi) is 3.56. The standard InChI is InChI=1S/C14H17N3O3/c1-9-16-17-14(20-9)11(8-15)6-10-2-3-12-13(7-10)19-5-4-18-12/h2-3,7,11H,4-6,8,15H2,1H3. The number of benzene rings is 1. The van der Waals surface area contributed by atoms with Gasteiger partial charge in [-0.15, -0.1) is 10.2 Å². The lowest BCUT2D eigenvalue weighted by atomic mass is 9.99. The number of fused-ring (bicyclic) bond motifs is 1. The van der Waals surface area contributed by atoms with Gasteiger partial charge >= 0.3 is 0 Å². The maximum atomic E-state index is 5.82. The summed E-state index contributed by atoms with van der Waals surface area (Å²) < 4.78 is 16.6. The van der Waals surface area contributed by atoms with Crippen LogP contribution in [0.15, 0.2) is 22.6 Å². The first kappa shape index (κ1) is 12.9. The van der Waals surface area contributed by atoms with Crippen molar-refractivity contribution in [2.24, 2.45) is 5.73 Å². The molecule has 1 aliphatic heterocycles. The van der Waals surface area contributed by atoms with E-state index in [9.17, 15) is 0 Å². The second-order valence-corrected chi connectivity index (χ2v) is 4.77. The average Bonchev–Trinajstić information content (AvgIpc) is 2.91. The van der Waals surface area contributed by atoms with E-state index in [-0.39, 0.29) is 5.92 Å². The van der Waals surface area contributed by atoms with Crippen LogP contribution in [0.5, 0.6) is 11.5 Å². The lowest BCUT2D eigenvalue weighted by Gasteiger charge is -2.19. The summed E-state index contributed by atoms with van der Waals surface area (Å²) in [6, 6.07) is 5.93. The van der Waals surface area contributed by atoms with E-state index in [0.717, 1.165) is 23.5 Å². The van der Waals surface area contributed by atoms with E-state index in [1.807, 2.05) is 18.2 Å². The molecule has 0 saturated carbocycles. The van der Waals surface area contributed by atoms with Gasteiger partial charge in [0.15, 0.2) is 11.5 Å². The normalized spacial score (nSPS) is 15.1. The fourth-order valence-corrected chi connectivity index (χ4v) is 2.25. The van der Waals surface area contributed by atoms with Gasteiger partial charge in [-0.3, -0.25) is 0 Å². The van der Waals surface area contributed by atoms with E-state index in [1.165, 1.54) is 0 Å². The van der Waals surface area contributed by atoms with Crippen LogP contribution in [0.25, 0.3) is 0 Å². The Labute approximate surface area is 116 Å². The molecule has 0 saturated heterocycles. The second-order valence-electron chi connectivity index (χ2n) is 4.77. The maximum absolute atomic E-state index is 5.82. The van der Waals surface area contributed by atoms with Crippen molar-refractivity contribution in [3.05, 3.63) is 35.5 Å². The van der Waals surface area contributed by atoms with E-state index in [4.69, 9.17) is 19.6 Å². The molecule has 3 rings (SSSR count). The number of aromatic nitrogens is 2. The van der Waals surface area contributed by atoms with Crippen LogP contribution >= 0.6 is 0 Å². The molecule has 1 atom stereocenters. The Morgan fingerprint density at radius 2 is 2.00 bits per heavy atom. The topological polar surface area (TPSA) is 83.4 Å². The molecule has 6 nitrogen and oxygen atoms in total. The Hall–Kier alpha value is -2.08. The number of ether oxygens (including phenoxy) is 2. The SMILES string of the molecule is Cc1nnc(C(CN)Cc2ccc3c(c2)OCCO3)o1. The van der Waals surface area contributed by atoms with Crippen molar-refractivity contribution in [2.75, 3.05) is 19.8 Å². The number of nitrogens with two attached hydrogens (primary N) is 1. The Balaban J connectivity index is 1.79. The highest BCUT2D eigenvalue weighted by Crippen LogP contribution is 2.32. The molecule has 1 unspecified atom stereocenters. The van der Waals surface area contributed by atoms with Gasteiger partial charge in [-0.25, -0.2) is 0 Å². The molecule has 1 aromatic heterocycles. The first-order valence-corrected chi connectivity index (χ1v) is 6.65. The first-order chi connectivity index (χ1) is 9.76. The van der Waals surface area contributed by atoms with Gasteiger partial charge in [0.1, 0.15) is 13.2 Å². The summed E-state index contributed by atoms with van der Waals surface area (Å²) in [6.07, 6.45) is 0.731. The molecule has 0 spiro atoms. The van der Waals surface area contributed by atoms with E-state index in [2.05, 4.69) is 10.2 Å². The molecule has 2 heterocycles. The molecule has 2 N–H and O–H groups in total. The van der Waals surface area contributed by atoms with Gasteiger partial charge in [-0.1, -0.05) is 6.07 Å². The molecule has 6 heteroatoms. The maximum Gasteiger partial charge on any atom is 0.221 e. The molecule has 1 aromatic carbocycles. The zero-order valence-corrected chi connectivity index (χ0v) is 11.3. The smallest absolute Gasteiger partial charge is 0.221 e. The number of hydrogen-bond acceptors (Lipinski definition) is 6. The summed E-state index contributed by atoms with van der Waals surface area (Å²) >= 11 is 0. The van der Waals surface area contributed by atoms with E-state index in [0.29, 0.717) is 31.5 Å². The van der Waals surface area contributed by atoms with Crippen LogP contribution < -0.4 is 15.2 Å². The van der Waals surface area contributed by atoms with Crippen LogP contribution in [-0.4, -0.2) is 30.0 Å². The molecular weight excluding hydrogens is 258 g/mol. The number of rotatable bonds is 4. The van der Waals surface area contributed by atoms with Crippen molar-refractivity contribution in [1.82, 2.24) is 10.2 Å². The van der Waals surface area contributed by atoms with Crippen LogP contribution in [0.1, 0.15) is 23.3 Å². The fourth-order valence-electron chi connectivity index (χ4n) is 2.25. The summed E-state index contributed by atoms with van der Waals surface area (Å²) in [7, 11) is 0. The molecule has 1 aliphatic rings. The van der Waals surface area contributed by atoms with Crippen molar-refractivity contribution in [1.29, 1.82) is 0 Å². The van der Waals surface area contributed by atoms with E-state index >= 15 is 0 Å². The summed E-state index contributed by atoms with van der Waals surface area (Å²) in [4.78, 5) is 0. The summed E-state index contributed by atoms with van der Waals surface area (Å²) in [5, 5.41) is 7.90. The second kappa shape index (κ2) is 5.50. The highest BCUT2D eigenvalue weighted by molar-refractivity contribution is 5.44. The van der Waals surface area contributed by atoms with Gasteiger partial charge in [-0.2, -0.15) is 0 Å². The Morgan fingerprint density at radius 1 is 1.20 bits per heavy atom. The zero-order chi connectivity index (χ0) is 13.9. The van der Waals surface area contributed by atoms with Gasteiger partial charge in [0.05, 0.1) is 5.92 Å². The minimum absolute atomic E-state index is 0.0127. The third kappa shape index (κ3) is 2.60. The van der Waals surface area contributed by atoms with Crippen molar-refractivity contribution >= 4 is 0 Å². The molecule has 0 radical (unpaired) electrons. The molecule has 0 amide bonds. The van der Waals surface area contributed by atoms with Crippen LogP contribution in [0, 0.1) is 6.92 Å². The van der Waals surface area contributed by atoms with Gasteiger partial charge in [0.2, 0.25) is 11.8 Å². The van der Waals surface area contributed by atoms with E-state index in [1.54, 1.807) is 6.92 Å². The molecular formula is C14H17N3O3. The summed E-state index contributed by atoms with van der Waals surface area (Å²) in [6.45, 7) is 3.41. The zero-order valence-electron chi connectivity index (χ0n) is 11.3. The highest BCUT2D eigenvalue weighted by atomic mass is 16.6. The fraction of sp³-hybridized carbons (Fsp3) is 0.429. The molecule has 0 aliphatic carbocycles. The van der Waals surface area contributed by atoms with Crippen molar-refractivity contribution in [2.45, 2.75) is 19.3 Å². The molecule has 0 bridgehead atoms. The Bertz CT molecular complexity index is 597. The summed E-state index contributed by atoms with van der Waals surface area (Å²) in [5.41, 5.74) is 6.93. The van der Waals surface area contributed by atoms with Gasteiger partial charge < -0.3 is 19.6 Å². The summed E-state index contributed by atoms with van der Waals surface area (Å²) in [5.74, 6) is 2.73. The largest absolute Gasteiger partial charge is 0.486 e. The third-order valence-electron chi connectivity index (χ3n) is 3.26. The quantitative estimate of drug-likeness (QED) is 0.909. The average molecular weight is 275 g/mol. The lowest BCUT2D eigenvalue weighted by molar-refractivity contribution is 0.171. The molecule has 2 aromatic rings. The monoisotopic (exact) mass is 275 g/mol. The lowest BCUT2D eigenvalue weighted by Crippen LogP contribution is -2.17. The Morgan fingerprint density at radius 3 is 2.70 bits per heavy atom. The molecule has 20 heavy (non-hydrogen) atoms. The predicted molar refractivity (Wildman–Crippen MR) is 72.0 cm³/mol. The minimum Gasteiger partial charge on any atom is -0.486 e. The van der Waals surface area contributed by atoms with Crippen molar-refractivity contribution in [3.8, 4) is 11.5 Å². The highest BCUT2D eigenvalue weighted by Gasteiger charge is 2.19. The third-order valence-corrected chi connectivity index (χ3v) is 3.26. The van der Waals surface area contributed by atoms with Gasteiger partial charge in [0, 0.05) is 13.5 Å². The van der Waals surface area contributed by atoms with Crippen LogP contribution in [0.2, 0.25) is 0 Å². The number of nitrogens with zero attached hydrogens (tertiary/aromatic N) is 2. The van der Waals surface area contributed by atoms with Crippen LogP contribution in [0.4, 0.5) is 0 Å². The predicted octanol–water partition coefficient (Wildman–Crippen LogP) is 1.43. The number of hydrogen-bond donors (Lipinski definition) is 1. The van der Waals surface area contributed by atoms with Crippen LogP contribution in [0.3, 0.4) is 0 Å². The van der Waals surface area contributed by atoms with Crippen molar-refractivity contribution < 1.29 is 13.9 Å². The molecule has 106 valence electrons. The van der Waals surface area contributed by atoms with Gasteiger partial charge in [0.25, 0.3) is 0 Å². The van der Waals surface area contributed by atoms with Crippen molar-refractivity contribution in [3.63, 3.8) is 0 Å². The molecule has 0 fully saturated rings. The van der Waals surface area contributed by atoms with Crippen LogP contribution in [-0.2, 0) is 6.42 Å². The van der Waals surface area contributed by atoms with E-state index < -0.39 is 0 Å². The number of aryl methyl sites for hydroxylation is 1.